The van der Waals surface area contributed by atoms with E-state index in [1.165, 1.54) is 0 Å². The third-order valence-corrected chi connectivity index (χ3v) is 1.35. The standard InChI is InChI=1S/C7H8ClN/c1-2-6-4-3-5-7(8)9-6/h3-5H,2H2,1H3. The second-order valence-electron chi connectivity index (χ2n) is 1.81. The lowest BCUT2D eigenvalue weighted by Gasteiger charge is -1.92. The van der Waals surface area contributed by atoms with Crippen LogP contribution < -0.4 is 0 Å². The van der Waals surface area contributed by atoms with E-state index < -0.39 is 0 Å². The van der Waals surface area contributed by atoms with Crippen LogP contribution in [0.4, 0.5) is 0 Å². The second kappa shape index (κ2) is 2.83. The number of halogens is 1. The van der Waals surface area contributed by atoms with E-state index in [9.17, 15) is 0 Å². The predicted molar refractivity (Wildman–Crippen MR) is 38.6 cm³/mol. The molecule has 1 aromatic heterocycles. The fourth-order valence-electron chi connectivity index (χ4n) is 0.647. The van der Waals surface area contributed by atoms with Crippen LogP contribution in [0.1, 0.15) is 12.6 Å². The van der Waals surface area contributed by atoms with Gasteiger partial charge >= 0.3 is 0 Å². The van der Waals surface area contributed by atoms with Crippen molar-refractivity contribution in [1.82, 2.24) is 4.98 Å². The van der Waals surface area contributed by atoms with Gasteiger partial charge in [0.05, 0.1) is 0 Å². The first-order valence-corrected chi connectivity index (χ1v) is 3.32. The topological polar surface area (TPSA) is 12.9 Å². The molecule has 0 bridgehead atoms. The number of aromatic nitrogens is 1. The van der Waals surface area contributed by atoms with E-state index in [1.54, 1.807) is 6.07 Å². The van der Waals surface area contributed by atoms with Crippen molar-refractivity contribution in [2.45, 2.75) is 13.3 Å². The highest BCUT2D eigenvalue weighted by atomic mass is 35.5. The van der Waals surface area contributed by atoms with E-state index in [2.05, 4.69) is 11.9 Å². The SMILES string of the molecule is CCc1cccc(Cl)n1. The molecule has 0 aliphatic carbocycles. The smallest absolute Gasteiger partial charge is 0.129 e. The van der Waals surface area contributed by atoms with Gasteiger partial charge in [-0.05, 0) is 18.6 Å². The number of aryl methyl sites for hydroxylation is 1. The van der Waals surface area contributed by atoms with Crippen molar-refractivity contribution in [2.75, 3.05) is 0 Å². The number of hydrogen-bond donors (Lipinski definition) is 0. The molecule has 48 valence electrons. The van der Waals surface area contributed by atoms with E-state index in [-0.39, 0.29) is 0 Å². The minimum atomic E-state index is 0.578. The van der Waals surface area contributed by atoms with Crippen molar-refractivity contribution >= 4 is 11.6 Å². The lowest BCUT2D eigenvalue weighted by atomic mass is 10.3. The molecule has 1 nitrogen and oxygen atoms in total. The van der Waals surface area contributed by atoms with Crippen LogP contribution in [0, 0.1) is 0 Å². The average Bonchev–Trinajstić information content (AvgIpc) is 1.88. The normalized spacial score (nSPS) is 9.56. The highest BCUT2D eigenvalue weighted by Gasteiger charge is 1.89. The maximum Gasteiger partial charge on any atom is 0.129 e. The lowest BCUT2D eigenvalue weighted by Crippen LogP contribution is -1.84. The molecule has 1 rings (SSSR count). The van der Waals surface area contributed by atoms with E-state index in [0.717, 1.165) is 12.1 Å². The summed E-state index contributed by atoms with van der Waals surface area (Å²) in [6.45, 7) is 2.05. The molecule has 0 fully saturated rings. The van der Waals surface area contributed by atoms with Crippen molar-refractivity contribution in [2.24, 2.45) is 0 Å². The van der Waals surface area contributed by atoms with Crippen LogP contribution in [0.2, 0.25) is 5.15 Å². The van der Waals surface area contributed by atoms with E-state index in [4.69, 9.17) is 11.6 Å². The van der Waals surface area contributed by atoms with Crippen molar-refractivity contribution in [3.63, 3.8) is 0 Å². The van der Waals surface area contributed by atoms with Gasteiger partial charge in [-0.15, -0.1) is 0 Å². The highest BCUT2D eigenvalue weighted by molar-refractivity contribution is 6.29. The summed E-state index contributed by atoms with van der Waals surface area (Å²) in [5, 5.41) is 0.578. The molecule has 2 heteroatoms. The summed E-state index contributed by atoms with van der Waals surface area (Å²) in [5.41, 5.74) is 1.04. The van der Waals surface area contributed by atoms with E-state index >= 15 is 0 Å². The number of hydrogen-bond acceptors (Lipinski definition) is 1. The zero-order valence-electron chi connectivity index (χ0n) is 5.26. The molecule has 0 aliphatic rings. The van der Waals surface area contributed by atoms with Crippen LogP contribution in [-0.2, 0) is 6.42 Å². The molecule has 0 saturated carbocycles. The fourth-order valence-corrected chi connectivity index (χ4v) is 0.829. The minimum absolute atomic E-state index is 0.578. The average molecular weight is 142 g/mol. The zero-order valence-corrected chi connectivity index (χ0v) is 6.02. The Kier molecular flexibility index (Phi) is 2.06. The lowest BCUT2D eigenvalue weighted by molar-refractivity contribution is 1.04. The summed E-state index contributed by atoms with van der Waals surface area (Å²) in [6, 6.07) is 5.65. The summed E-state index contributed by atoms with van der Waals surface area (Å²) in [4.78, 5) is 4.06. The molecule has 0 radical (unpaired) electrons. The molecule has 0 N–H and O–H groups in total. The first kappa shape index (κ1) is 6.56. The van der Waals surface area contributed by atoms with Gasteiger partial charge < -0.3 is 0 Å². The second-order valence-corrected chi connectivity index (χ2v) is 2.19. The van der Waals surface area contributed by atoms with Gasteiger partial charge in [0.2, 0.25) is 0 Å². The van der Waals surface area contributed by atoms with Crippen molar-refractivity contribution in [3.05, 3.63) is 29.0 Å². The summed E-state index contributed by atoms with van der Waals surface area (Å²) in [7, 11) is 0. The van der Waals surface area contributed by atoms with Crippen LogP contribution >= 0.6 is 11.6 Å². The Balaban J connectivity index is 2.94. The van der Waals surface area contributed by atoms with E-state index in [1.807, 2.05) is 12.1 Å². The number of rotatable bonds is 1. The molecule has 1 aromatic rings. The Labute approximate surface area is 59.7 Å². The molecule has 0 aromatic carbocycles. The summed E-state index contributed by atoms with van der Waals surface area (Å²) in [6.07, 6.45) is 0.945. The maximum absolute atomic E-state index is 5.61. The molecule has 0 saturated heterocycles. The van der Waals surface area contributed by atoms with Gasteiger partial charge in [0, 0.05) is 5.69 Å². The first-order chi connectivity index (χ1) is 4.33. The molecule has 0 unspecified atom stereocenters. The number of pyridine rings is 1. The molecular formula is C7H8ClN. The van der Waals surface area contributed by atoms with Crippen LogP contribution in [0.15, 0.2) is 18.2 Å². The van der Waals surface area contributed by atoms with Crippen LogP contribution in [0.5, 0.6) is 0 Å². The Morgan fingerprint density at radius 2 is 2.33 bits per heavy atom. The largest absolute Gasteiger partial charge is 0.241 e. The van der Waals surface area contributed by atoms with E-state index in [0.29, 0.717) is 5.15 Å². The Morgan fingerprint density at radius 1 is 1.56 bits per heavy atom. The van der Waals surface area contributed by atoms with Crippen LogP contribution in [-0.4, -0.2) is 4.98 Å². The number of nitrogens with zero attached hydrogens (tertiary/aromatic N) is 1. The van der Waals surface area contributed by atoms with Crippen molar-refractivity contribution < 1.29 is 0 Å². The molecule has 9 heavy (non-hydrogen) atoms. The molecule has 0 spiro atoms. The van der Waals surface area contributed by atoms with Gasteiger partial charge in [0.1, 0.15) is 5.15 Å². The Morgan fingerprint density at radius 3 is 2.78 bits per heavy atom. The quantitative estimate of drug-likeness (QED) is 0.547. The first-order valence-electron chi connectivity index (χ1n) is 2.94. The predicted octanol–water partition coefficient (Wildman–Crippen LogP) is 2.30. The van der Waals surface area contributed by atoms with Gasteiger partial charge in [0.25, 0.3) is 0 Å². The Bertz CT molecular complexity index is 198. The van der Waals surface area contributed by atoms with Crippen LogP contribution in [0.25, 0.3) is 0 Å². The monoisotopic (exact) mass is 141 g/mol. The van der Waals surface area contributed by atoms with Gasteiger partial charge in [-0.1, -0.05) is 24.6 Å². The van der Waals surface area contributed by atoms with Crippen molar-refractivity contribution in [1.29, 1.82) is 0 Å². The van der Waals surface area contributed by atoms with Gasteiger partial charge in [0.15, 0.2) is 0 Å². The fraction of sp³-hybridized carbons (Fsp3) is 0.286. The van der Waals surface area contributed by atoms with Gasteiger partial charge in [-0.2, -0.15) is 0 Å². The molecule has 0 aliphatic heterocycles. The Hall–Kier alpha value is -0.560. The molecule has 1 heterocycles. The molecule has 0 atom stereocenters. The van der Waals surface area contributed by atoms with Gasteiger partial charge in [-0.3, -0.25) is 0 Å². The maximum atomic E-state index is 5.61. The summed E-state index contributed by atoms with van der Waals surface area (Å²) >= 11 is 5.61. The molecule has 0 amide bonds. The van der Waals surface area contributed by atoms with Crippen LogP contribution in [0.3, 0.4) is 0 Å². The third-order valence-electron chi connectivity index (χ3n) is 1.14. The highest BCUT2D eigenvalue weighted by Crippen LogP contribution is 2.04. The summed E-state index contributed by atoms with van der Waals surface area (Å²) in [5.74, 6) is 0. The zero-order chi connectivity index (χ0) is 6.69. The summed E-state index contributed by atoms with van der Waals surface area (Å²) < 4.78 is 0. The third kappa shape index (κ3) is 1.68. The van der Waals surface area contributed by atoms with Crippen molar-refractivity contribution in [3.8, 4) is 0 Å². The van der Waals surface area contributed by atoms with Gasteiger partial charge in [-0.25, -0.2) is 4.98 Å². The molecular weight excluding hydrogens is 134 g/mol. The minimum Gasteiger partial charge on any atom is -0.241 e.